The van der Waals surface area contributed by atoms with Crippen molar-refractivity contribution in [1.29, 1.82) is 0 Å². The van der Waals surface area contributed by atoms with Gasteiger partial charge < -0.3 is 69.3 Å². The molecule has 16 nitrogen and oxygen atoms in total. The molecule has 2 saturated heterocycles. The highest BCUT2D eigenvalue weighted by Crippen LogP contribution is 2.31. The van der Waals surface area contributed by atoms with Crippen LogP contribution in [0.15, 0.2) is 42.5 Å². The monoisotopic (exact) mass is 652 g/mol. The van der Waals surface area contributed by atoms with E-state index in [9.17, 15) is 50.4 Å². The number of rotatable bonds is 11. The van der Waals surface area contributed by atoms with E-state index in [0.29, 0.717) is 11.1 Å². The molecule has 0 amide bonds. The van der Waals surface area contributed by atoms with E-state index < -0.39 is 86.2 Å². The fourth-order valence-corrected chi connectivity index (χ4v) is 4.73. The lowest BCUT2D eigenvalue weighted by Crippen LogP contribution is -2.64. The number of phenolic OH excluding ortho intramolecular Hbond substituents is 4. The molecule has 9 unspecified atom stereocenters. The summed E-state index contributed by atoms with van der Waals surface area (Å²) in [5, 5.41) is 80.0. The van der Waals surface area contributed by atoms with E-state index in [1.54, 1.807) is 0 Å². The maximum absolute atomic E-state index is 12.5. The zero-order chi connectivity index (χ0) is 33.5. The highest BCUT2D eigenvalue weighted by atomic mass is 16.7. The van der Waals surface area contributed by atoms with Crippen LogP contribution in [0.5, 0.6) is 23.0 Å². The third-order valence-electron chi connectivity index (χ3n) is 7.18. The maximum Gasteiger partial charge on any atom is 0.330 e. The molecular formula is C30H36O16. The minimum absolute atomic E-state index is 0.0996. The van der Waals surface area contributed by atoms with Crippen LogP contribution in [0.3, 0.4) is 0 Å². The van der Waals surface area contributed by atoms with Crippen molar-refractivity contribution in [2.24, 2.45) is 0 Å². The van der Waals surface area contributed by atoms with Crippen LogP contribution in [0.2, 0.25) is 0 Å². The van der Waals surface area contributed by atoms with Crippen LogP contribution >= 0.6 is 0 Å². The van der Waals surface area contributed by atoms with Crippen molar-refractivity contribution < 1.29 is 78.9 Å². The molecule has 0 aliphatic carbocycles. The second-order valence-electron chi connectivity index (χ2n) is 10.6. The summed E-state index contributed by atoms with van der Waals surface area (Å²) in [6, 6.07) is 8.01. The molecule has 2 fully saturated rings. The highest BCUT2D eigenvalue weighted by molar-refractivity contribution is 5.87. The van der Waals surface area contributed by atoms with Gasteiger partial charge in [-0.1, -0.05) is 12.1 Å². The number of hydrogen-bond donors (Lipinski definition) is 8. The van der Waals surface area contributed by atoms with Gasteiger partial charge in [0, 0.05) is 13.0 Å². The smallest absolute Gasteiger partial charge is 0.330 e. The van der Waals surface area contributed by atoms with E-state index in [1.807, 2.05) is 0 Å². The van der Waals surface area contributed by atoms with Crippen molar-refractivity contribution >= 4 is 18.0 Å². The average molecular weight is 653 g/mol. The number of aliphatic hydroxyl groups is 4. The Labute approximate surface area is 262 Å². The average Bonchev–Trinajstić information content (AvgIpc) is 3.01. The zero-order valence-electron chi connectivity index (χ0n) is 24.5. The molecule has 4 rings (SSSR count). The molecule has 0 bridgehead atoms. The minimum Gasteiger partial charge on any atom is -0.504 e. The van der Waals surface area contributed by atoms with Crippen LogP contribution in [0.25, 0.3) is 6.08 Å². The Morgan fingerprint density at radius 2 is 1.57 bits per heavy atom. The van der Waals surface area contributed by atoms with Crippen LogP contribution in [0.4, 0.5) is 0 Å². The van der Waals surface area contributed by atoms with Gasteiger partial charge in [-0.2, -0.15) is 0 Å². The lowest BCUT2D eigenvalue weighted by atomic mass is 9.98. The van der Waals surface area contributed by atoms with Gasteiger partial charge in [0.05, 0.1) is 13.2 Å². The normalized spacial score (nSPS) is 29.8. The van der Waals surface area contributed by atoms with Gasteiger partial charge in [0.1, 0.15) is 43.2 Å². The van der Waals surface area contributed by atoms with Crippen LogP contribution in [-0.4, -0.2) is 128 Å². The Bertz CT molecular complexity index is 1380. The molecule has 0 spiro atoms. The van der Waals surface area contributed by atoms with Gasteiger partial charge in [-0.05, 0) is 47.9 Å². The molecule has 2 heterocycles. The first-order chi connectivity index (χ1) is 21.8. The lowest BCUT2D eigenvalue weighted by Gasteiger charge is -2.45. The van der Waals surface area contributed by atoms with Crippen LogP contribution in [-0.2, 0) is 44.4 Å². The number of benzene rings is 2. The van der Waals surface area contributed by atoms with Gasteiger partial charge in [0.25, 0.3) is 0 Å². The summed E-state index contributed by atoms with van der Waals surface area (Å²) in [6.45, 7) is -0.0115. The van der Waals surface area contributed by atoms with Crippen molar-refractivity contribution in [2.45, 2.75) is 68.7 Å². The SMILES string of the molecule is CC(=O)OC1C(OCCc2ccc(O)c(O)c2)OC(COC(=O)C=Cc2ccc(O)c(O)c2)C(O)C1OC1OCC(O)C(O)C1O. The predicted octanol–water partition coefficient (Wildman–Crippen LogP) is -0.834. The molecule has 8 N–H and O–H groups in total. The maximum atomic E-state index is 12.5. The molecule has 252 valence electrons. The molecule has 2 aromatic rings. The largest absolute Gasteiger partial charge is 0.504 e. The first kappa shape index (κ1) is 34.9. The molecular weight excluding hydrogens is 616 g/mol. The molecule has 16 heteroatoms. The standard InChI is InChI=1S/C30H36O16/c1-14(31)44-28-27(46-29-26(40)24(38)21(36)12-43-29)25(39)22(13-42-23(37)7-4-15-2-5-17(32)19(34)10-15)45-30(28)41-9-8-16-3-6-18(33)20(35)11-16/h2-7,10-11,21-22,24-30,32-36,38-40H,8-9,12-13H2,1H3. The third kappa shape index (κ3) is 8.83. The lowest BCUT2D eigenvalue weighted by molar-refractivity contribution is -0.349. The number of carbonyl (C=O) groups is 2. The number of hydrogen-bond acceptors (Lipinski definition) is 16. The second kappa shape index (κ2) is 15.5. The summed E-state index contributed by atoms with van der Waals surface area (Å²) < 4.78 is 33.4. The Morgan fingerprint density at radius 1 is 0.870 bits per heavy atom. The summed E-state index contributed by atoms with van der Waals surface area (Å²) in [5.74, 6) is -3.11. The van der Waals surface area contributed by atoms with Gasteiger partial charge in [-0.3, -0.25) is 4.79 Å². The molecule has 2 aromatic carbocycles. The first-order valence-electron chi connectivity index (χ1n) is 14.1. The van der Waals surface area contributed by atoms with E-state index in [4.69, 9.17) is 28.4 Å². The van der Waals surface area contributed by atoms with E-state index in [0.717, 1.165) is 13.0 Å². The number of aromatic hydroxyl groups is 4. The Hall–Kier alpha value is -4.00. The van der Waals surface area contributed by atoms with E-state index in [2.05, 4.69) is 0 Å². The Balaban J connectivity index is 1.51. The molecule has 2 aliphatic heterocycles. The Morgan fingerprint density at radius 3 is 2.24 bits per heavy atom. The van der Waals surface area contributed by atoms with Crippen molar-refractivity contribution in [3.8, 4) is 23.0 Å². The molecule has 0 aromatic heterocycles. The molecule has 0 radical (unpaired) electrons. The number of phenols is 4. The number of carbonyl (C=O) groups excluding carboxylic acids is 2. The van der Waals surface area contributed by atoms with Gasteiger partial charge >= 0.3 is 11.9 Å². The van der Waals surface area contributed by atoms with Gasteiger partial charge in [0.15, 0.2) is 41.7 Å². The molecule has 0 saturated carbocycles. The zero-order valence-corrected chi connectivity index (χ0v) is 24.5. The van der Waals surface area contributed by atoms with Crippen LogP contribution < -0.4 is 0 Å². The topological polar surface area (TPSA) is 251 Å². The number of esters is 2. The van der Waals surface area contributed by atoms with Crippen molar-refractivity contribution in [3.63, 3.8) is 0 Å². The van der Waals surface area contributed by atoms with Crippen molar-refractivity contribution in [2.75, 3.05) is 19.8 Å². The van der Waals surface area contributed by atoms with E-state index >= 15 is 0 Å². The van der Waals surface area contributed by atoms with Crippen molar-refractivity contribution in [3.05, 3.63) is 53.6 Å². The minimum atomic E-state index is -1.76. The van der Waals surface area contributed by atoms with E-state index in [1.165, 1.54) is 42.5 Å². The predicted molar refractivity (Wildman–Crippen MR) is 152 cm³/mol. The van der Waals surface area contributed by atoms with Gasteiger partial charge in [-0.15, -0.1) is 0 Å². The summed E-state index contributed by atoms with van der Waals surface area (Å²) in [7, 11) is 0. The number of ether oxygens (including phenoxy) is 6. The molecule has 2 aliphatic rings. The summed E-state index contributed by atoms with van der Waals surface area (Å²) in [4.78, 5) is 24.5. The fourth-order valence-electron chi connectivity index (χ4n) is 4.73. The molecule has 9 atom stereocenters. The summed E-state index contributed by atoms with van der Waals surface area (Å²) >= 11 is 0. The highest BCUT2D eigenvalue weighted by Gasteiger charge is 2.52. The quantitative estimate of drug-likeness (QED) is 0.0837. The van der Waals surface area contributed by atoms with Gasteiger partial charge in [-0.25, -0.2) is 4.79 Å². The Kier molecular flexibility index (Phi) is 11.8. The van der Waals surface area contributed by atoms with Crippen LogP contribution in [0, 0.1) is 0 Å². The molecule has 46 heavy (non-hydrogen) atoms. The summed E-state index contributed by atoms with van der Waals surface area (Å²) in [5.41, 5.74) is 0.932. The van der Waals surface area contributed by atoms with Crippen LogP contribution in [0.1, 0.15) is 18.1 Å². The van der Waals surface area contributed by atoms with Crippen molar-refractivity contribution in [1.82, 2.24) is 0 Å². The fraction of sp³-hybridized carbons (Fsp3) is 0.467. The first-order valence-corrected chi connectivity index (χ1v) is 14.1. The van der Waals surface area contributed by atoms with Gasteiger partial charge in [0.2, 0.25) is 0 Å². The number of aliphatic hydroxyl groups excluding tert-OH is 4. The second-order valence-corrected chi connectivity index (χ2v) is 10.6. The summed E-state index contributed by atoms with van der Waals surface area (Å²) in [6.07, 6.45) is -11.4. The third-order valence-corrected chi connectivity index (χ3v) is 7.18. The van der Waals surface area contributed by atoms with E-state index in [-0.39, 0.29) is 30.3 Å².